The first-order chi connectivity index (χ1) is 12.6. The molecule has 3 aromatic rings. The van der Waals surface area contributed by atoms with Crippen LogP contribution in [0.4, 0.5) is 5.69 Å². The van der Waals surface area contributed by atoms with Gasteiger partial charge in [-0.3, -0.25) is 0 Å². The lowest BCUT2D eigenvalue weighted by atomic mass is 9.95. The van der Waals surface area contributed by atoms with Crippen molar-refractivity contribution in [3.63, 3.8) is 0 Å². The third-order valence-corrected chi connectivity index (χ3v) is 5.41. The average molecular weight is 347 g/mol. The first-order valence-electron chi connectivity index (χ1n) is 9.29. The molecule has 4 rings (SSSR count). The number of hydrogen-bond acceptors (Lipinski definition) is 4. The number of rotatable bonds is 4. The Morgan fingerprint density at radius 1 is 0.962 bits per heavy atom. The van der Waals surface area contributed by atoms with Crippen molar-refractivity contribution >= 4 is 5.69 Å². The van der Waals surface area contributed by atoms with Crippen molar-refractivity contribution in [3.05, 3.63) is 65.0 Å². The van der Waals surface area contributed by atoms with E-state index in [2.05, 4.69) is 84.1 Å². The molecule has 1 heterocycles. The van der Waals surface area contributed by atoms with E-state index in [1.807, 2.05) is 4.68 Å². The number of aryl methyl sites for hydroxylation is 3. The fourth-order valence-electron chi connectivity index (χ4n) is 4.16. The molecular weight excluding hydrogens is 322 g/mol. The minimum atomic E-state index is -0.230. The Morgan fingerprint density at radius 2 is 1.65 bits per heavy atom. The molecule has 0 saturated heterocycles. The Bertz CT molecular complexity index is 901. The third-order valence-electron chi connectivity index (χ3n) is 5.41. The maximum absolute atomic E-state index is 4.49. The van der Waals surface area contributed by atoms with Crippen LogP contribution >= 0.6 is 0 Å². The molecule has 1 saturated carbocycles. The van der Waals surface area contributed by atoms with Crippen molar-refractivity contribution in [1.29, 1.82) is 0 Å². The molecule has 1 aliphatic rings. The Labute approximate surface area is 154 Å². The van der Waals surface area contributed by atoms with Crippen molar-refractivity contribution in [2.45, 2.75) is 52.0 Å². The number of hydrogen-bond donors (Lipinski definition) is 1. The predicted molar refractivity (Wildman–Crippen MR) is 104 cm³/mol. The van der Waals surface area contributed by atoms with E-state index in [1.165, 1.54) is 29.5 Å². The van der Waals surface area contributed by atoms with E-state index >= 15 is 0 Å². The van der Waals surface area contributed by atoms with Gasteiger partial charge in [-0.1, -0.05) is 43.2 Å². The molecule has 0 amide bonds. The molecule has 0 spiro atoms. The lowest BCUT2D eigenvalue weighted by Crippen LogP contribution is -2.35. The molecule has 0 bridgehead atoms. The summed E-state index contributed by atoms with van der Waals surface area (Å²) in [5.41, 5.74) is 5.60. The van der Waals surface area contributed by atoms with Crippen molar-refractivity contribution in [2.75, 3.05) is 5.32 Å². The number of nitrogens with zero attached hydrogens (tertiary/aromatic N) is 4. The average Bonchev–Trinajstić information content (AvgIpc) is 3.25. The number of nitrogens with one attached hydrogen (secondary N) is 1. The predicted octanol–water partition coefficient (Wildman–Crippen LogP) is 4.47. The highest BCUT2D eigenvalue weighted by molar-refractivity contribution is 5.51. The smallest absolute Gasteiger partial charge is 0.181 e. The summed E-state index contributed by atoms with van der Waals surface area (Å²) in [6.07, 6.45) is 4.43. The summed E-state index contributed by atoms with van der Waals surface area (Å²) in [6, 6.07) is 14.8. The van der Waals surface area contributed by atoms with Crippen LogP contribution in [0.5, 0.6) is 0 Å². The minimum absolute atomic E-state index is 0.230. The fourth-order valence-corrected chi connectivity index (χ4v) is 4.16. The van der Waals surface area contributed by atoms with Gasteiger partial charge in [-0.05, 0) is 72.9 Å². The molecule has 0 atom stereocenters. The van der Waals surface area contributed by atoms with Crippen LogP contribution in [-0.2, 0) is 5.54 Å². The normalized spacial score (nSPS) is 16.0. The summed E-state index contributed by atoms with van der Waals surface area (Å²) >= 11 is 0. The van der Waals surface area contributed by atoms with Crippen molar-refractivity contribution in [3.8, 4) is 5.69 Å². The van der Waals surface area contributed by atoms with Gasteiger partial charge >= 0.3 is 0 Å². The summed E-state index contributed by atoms with van der Waals surface area (Å²) in [5, 5.41) is 16.7. The van der Waals surface area contributed by atoms with E-state index in [-0.39, 0.29) is 5.54 Å². The SMILES string of the molecule is Cc1cccc(NC2(c3nnnn3-c3c(C)cccc3C)CCCC2)c1. The van der Waals surface area contributed by atoms with Gasteiger partial charge in [0.25, 0.3) is 0 Å². The first kappa shape index (κ1) is 16.8. The Kier molecular flexibility index (Phi) is 4.23. The first-order valence-corrected chi connectivity index (χ1v) is 9.29. The number of tetrazole rings is 1. The molecule has 5 heteroatoms. The molecule has 2 aromatic carbocycles. The monoisotopic (exact) mass is 347 g/mol. The Balaban J connectivity index is 1.81. The van der Waals surface area contributed by atoms with Crippen LogP contribution in [-0.4, -0.2) is 20.2 Å². The highest BCUT2D eigenvalue weighted by Gasteiger charge is 2.41. The van der Waals surface area contributed by atoms with Crippen LogP contribution in [0.25, 0.3) is 5.69 Å². The molecular formula is C21H25N5. The van der Waals surface area contributed by atoms with E-state index in [4.69, 9.17) is 0 Å². The summed E-state index contributed by atoms with van der Waals surface area (Å²) < 4.78 is 1.94. The minimum Gasteiger partial charge on any atom is -0.373 e. The largest absolute Gasteiger partial charge is 0.373 e. The van der Waals surface area contributed by atoms with Crippen molar-refractivity contribution < 1.29 is 0 Å². The molecule has 1 aromatic heterocycles. The third kappa shape index (κ3) is 2.87. The number of anilines is 1. The van der Waals surface area contributed by atoms with E-state index in [9.17, 15) is 0 Å². The molecule has 134 valence electrons. The Hall–Kier alpha value is -2.69. The van der Waals surface area contributed by atoms with Crippen molar-refractivity contribution in [2.24, 2.45) is 0 Å². The van der Waals surface area contributed by atoms with Crippen LogP contribution in [0.3, 0.4) is 0 Å². The maximum atomic E-state index is 4.49. The Morgan fingerprint density at radius 3 is 2.35 bits per heavy atom. The lowest BCUT2D eigenvalue weighted by molar-refractivity contribution is 0.461. The van der Waals surface area contributed by atoms with Gasteiger partial charge < -0.3 is 5.32 Å². The highest BCUT2D eigenvalue weighted by atomic mass is 15.6. The van der Waals surface area contributed by atoms with Crippen LogP contribution in [0.15, 0.2) is 42.5 Å². The number of benzene rings is 2. The molecule has 5 nitrogen and oxygen atoms in total. The van der Waals surface area contributed by atoms with Gasteiger partial charge in [0.1, 0.15) is 0 Å². The maximum Gasteiger partial charge on any atom is 0.181 e. The lowest BCUT2D eigenvalue weighted by Gasteiger charge is -2.30. The van der Waals surface area contributed by atoms with Crippen LogP contribution < -0.4 is 5.32 Å². The molecule has 0 aliphatic heterocycles. The zero-order valence-electron chi connectivity index (χ0n) is 15.7. The molecule has 26 heavy (non-hydrogen) atoms. The summed E-state index contributed by atoms with van der Waals surface area (Å²) in [6.45, 7) is 6.35. The molecule has 1 aliphatic carbocycles. The topological polar surface area (TPSA) is 55.6 Å². The molecule has 0 radical (unpaired) electrons. The van der Waals surface area contributed by atoms with Gasteiger partial charge in [-0.2, -0.15) is 4.68 Å². The zero-order valence-corrected chi connectivity index (χ0v) is 15.7. The number of aromatic nitrogens is 4. The second kappa shape index (κ2) is 6.56. The van der Waals surface area contributed by atoms with Gasteiger partial charge in [-0.15, -0.1) is 5.10 Å². The number of para-hydroxylation sites is 1. The summed E-state index contributed by atoms with van der Waals surface area (Å²) in [5.74, 6) is 0.911. The van der Waals surface area contributed by atoms with Crippen LogP contribution in [0, 0.1) is 20.8 Å². The summed E-state index contributed by atoms with van der Waals surface area (Å²) in [4.78, 5) is 0. The second-order valence-electron chi connectivity index (χ2n) is 7.44. The van der Waals surface area contributed by atoms with Gasteiger partial charge in [0.15, 0.2) is 5.82 Å². The van der Waals surface area contributed by atoms with Crippen LogP contribution in [0.1, 0.15) is 48.2 Å². The van der Waals surface area contributed by atoms with Gasteiger partial charge in [-0.25, -0.2) is 0 Å². The highest BCUT2D eigenvalue weighted by Crippen LogP contribution is 2.41. The molecule has 0 unspecified atom stereocenters. The van der Waals surface area contributed by atoms with E-state index in [1.54, 1.807) is 0 Å². The molecule has 1 N–H and O–H groups in total. The zero-order chi connectivity index (χ0) is 18.1. The summed E-state index contributed by atoms with van der Waals surface area (Å²) in [7, 11) is 0. The van der Waals surface area contributed by atoms with Gasteiger partial charge in [0, 0.05) is 5.69 Å². The second-order valence-corrected chi connectivity index (χ2v) is 7.44. The van der Waals surface area contributed by atoms with E-state index in [0.717, 1.165) is 30.0 Å². The van der Waals surface area contributed by atoms with E-state index in [0.29, 0.717) is 0 Å². The van der Waals surface area contributed by atoms with Gasteiger partial charge in [0.05, 0.1) is 11.2 Å². The van der Waals surface area contributed by atoms with Crippen LogP contribution in [0.2, 0.25) is 0 Å². The standard InChI is InChI=1S/C21H25N5/c1-15-8-6-11-18(14-15)22-21(12-4-5-13-21)20-23-24-25-26(20)19-16(2)9-7-10-17(19)3/h6-11,14,22H,4-5,12-13H2,1-3H3. The van der Waals surface area contributed by atoms with E-state index < -0.39 is 0 Å². The quantitative estimate of drug-likeness (QED) is 0.756. The fraction of sp³-hybridized carbons (Fsp3) is 0.381. The van der Waals surface area contributed by atoms with Gasteiger partial charge in [0.2, 0.25) is 0 Å². The molecule has 1 fully saturated rings. The van der Waals surface area contributed by atoms with Crippen molar-refractivity contribution in [1.82, 2.24) is 20.2 Å².